The summed E-state index contributed by atoms with van der Waals surface area (Å²) in [6.45, 7) is 5.03. The third-order valence-corrected chi connectivity index (χ3v) is 4.78. The molecule has 136 valence electrons. The van der Waals surface area contributed by atoms with Crippen LogP contribution in [-0.2, 0) is 4.74 Å². The molecule has 0 radical (unpaired) electrons. The summed E-state index contributed by atoms with van der Waals surface area (Å²) in [4.78, 5) is 16.7. The average molecular weight is 353 g/mol. The molecule has 2 fully saturated rings. The molecule has 4 rings (SSSR count). The van der Waals surface area contributed by atoms with Gasteiger partial charge in [-0.15, -0.1) is 0 Å². The van der Waals surface area contributed by atoms with Crippen LogP contribution < -0.4 is 10.1 Å². The zero-order valence-corrected chi connectivity index (χ0v) is 14.6. The van der Waals surface area contributed by atoms with Gasteiger partial charge in [-0.05, 0) is 24.3 Å². The van der Waals surface area contributed by atoms with Crippen molar-refractivity contribution in [1.82, 2.24) is 9.80 Å². The van der Waals surface area contributed by atoms with Crippen LogP contribution in [0.4, 0.5) is 10.5 Å². The van der Waals surface area contributed by atoms with Crippen molar-refractivity contribution in [3.63, 3.8) is 0 Å². The Bertz CT molecular complexity index is 741. The maximum atomic E-state index is 12.4. The molecule has 0 bridgehead atoms. The number of hydrogen-bond acceptors (Lipinski definition) is 4. The van der Waals surface area contributed by atoms with Gasteiger partial charge in [-0.1, -0.05) is 24.3 Å². The number of amides is 2. The summed E-state index contributed by atoms with van der Waals surface area (Å²) in [5.74, 6) is 1.47. The minimum atomic E-state index is -0.0635. The van der Waals surface area contributed by atoms with Gasteiger partial charge < -0.3 is 19.7 Å². The first kappa shape index (κ1) is 16.9. The third-order valence-electron chi connectivity index (χ3n) is 4.78. The minimum Gasteiger partial charge on any atom is -0.457 e. The van der Waals surface area contributed by atoms with E-state index in [1.807, 2.05) is 59.5 Å². The van der Waals surface area contributed by atoms with Crippen molar-refractivity contribution in [2.75, 3.05) is 44.7 Å². The molecule has 0 aromatic heterocycles. The van der Waals surface area contributed by atoms with Crippen molar-refractivity contribution >= 4 is 11.7 Å². The summed E-state index contributed by atoms with van der Waals surface area (Å²) >= 11 is 0. The van der Waals surface area contributed by atoms with Crippen LogP contribution in [0, 0.1) is 0 Å². The van der Waals surface area contributed by atoms with E-state index in [0.29, 0.717) is 11.8 Å². The highest BCUT2D eigenvalue weighted by molar-refractivity contribution is 5.90. The van der Waals surface area contributed by atoms with Crippen molar-refractivity contribution in [3.8, 4) is 11.5 Å². The molecule has 0 spiro atoms. The number of carbonyl (C=O) groups excluding carboxylic acids is 1. The number of nitrogens with zero attached hydrogens (tertiary/aromatic N) is 2. The second kappa shape index (κ2) is 7.76. The van der Waals surface area contributed by atoms with E-state index in [1.54, 1.807) is 0 Å². The van der Waals surface area contributed by atoms with Crippen molar-refractivity contribution in [2.45, 2.75) is 6.04 Å². The van der Waals surface area contributed by atoms with Gasteiger partial charge in [0.1, 0.15) is 11.5 Å². The topological polar surface area (TPSA) is 54.0 Å². The van der Waals surface area contributed by atoms with E-state index in [1.165, 1.54) is 0 Å². The molecule has 0 unspecified atom stereocenters. The standard InChI is InChI=1S/C20H23N3O3/c24-20(23-14-17(15-23)22-9-11-25-12-10-22)21-16-5-4-8-19(13-16)26-18-6-2-1-3-7-18/h1-8,13,17H,9-12,14-15H2,(H,21,24). The SMILES string of the molecule is O=C(Nc1cccc(Oc2ccccc2)c1)N1CC(N2CCOCC2)C1. The second-order valence-electron chi connectivity index (χ2n) is 6.58. The molecule has 6 heteroatoms. The molecule has 0 saturated carbocycles. The normalized spacial score (nSPS) is 18.2. The molecule has 6 nitrogen and oxygen atoms in total. The maximum absolute atomic E-state index is 12.4. The summed E-state index contributed by atoms with van der Waals surface area (Å²) < 4.78 is 11.2. The lowest BCUT2D eigenvalue weighted by molar-refractivity contribution is -0.0189. The number of rotatable bonds is 4. The Kier molecular flexibility index (Phi) is 5.04. The lowest BCUT2D eigenvalue weighted by Crippen LogP contribution is -2.63. The van der Waals surface area contributed by atoms with E-state index >= 15 is 0 Å². The fourth-order valence-corrected chi connectivity index (χ4v) is 3.26. The summed E-state index contributed by atoms with van der Waals surface area (Å²) in [7, 11) is 0. The van der Waals surface area contributed by atoms with Crippen molar-refractivity contribution in [1.29, 1.82) is 0 Å². The predicted molar refractivity (Wildman–Crippen MR) is 99.7 cm³/mol. The molecule has 2 aliphatic heterocycles. The number of morpholine rings is 1. The van der Waals surface area contributed by atoms with E-state index in [-0.39, 0.29) is 6.03 Å². The molecule has 2 aromatic carbocycles. The fourth-order valence-electron chi connectivity index (χ4n) is 3.26. The first-order valence-electron chi connectivity index (χ1n) is 8.98. The Hall–Kier alpha value is -2.57. The van der Waals surface area contributed by atoms with Gasteiger partial charge in [0, 0.05) is 44.0 Å². The Morgan fingerprint density at radius 3 is 2.50 bits per heavy atom. The Morgan fingerprint density at radius 2 is 1.73 bits per heavy atom. The summed E-state index contributed by atoms with van der Waals surface area (Å²) in [6.07, 6.45) is 0. The average Bonchev–Trinajstić information content (AvgIpc) is 2.62. The van der Waals surface area contributed by atoms with E-state index in [2.05, 4.69) is 10.2 Å². The van der Waals surface area contributed by atoms with Crippen molar-refractivity contribution in [3.05, 3.63) is 54.6 Å². The van der Waals surface area contributed by atoms with E-state index in [4.69, 9.17) is 9.47 Å². The molecule has 1 N–H and O–H groups in total. The molecule has 0 atom stereocenters. The molecule has 2 heterocycles. The largest absolute Gasteiger partial charge is 0.457 e. The number of nitrogens with one attached hydrogen (secondary N) is 1. The highest BCUT2D eigenvalue weighted by Crippen LogP contribution is 2.24. The number of para-hydroxylation sites is 1. The zero-order chi connectivity index (χ0) is 17.8. The monoisotopic (exact) mass is 353 g/mol. The van der Waals surface area contributed by atoms with Crippen LogP contribution in [0.1, 0.15) is 0 Å². The van der Waals surface area contributed by atoms with E-state index < -0.39 is 0 Å². The minimum absolute atomic E-state index is 0.0635. The van der Waals surface area contributed by atoms with Crippen LogP contribution in [0.25, 0.3) is 0 Å². The lowest BCUT2D eigenvalue weighted by Gasteiger charge is -2.46. The third kappa shape index (κ3) is 3.98. The quantitative estimate of drug-likeness (QED) is 0.918. The molecule has 0 aliphatic carbocycles. The van der Waals surface area contributed by atoms with Crippen LogP contribution in [0.2, 0.25) is 0 Å². The first-order valence-corrected chi connectivity index (χ1v) is 8.98. The van der Waals surface area contributed by atoms with Crippen LogP contribution in [-0.4, -0.2) is 61.3 Å². The first-order chi connectivity index (χ1) is 12.8. The Labute approximate surface area is 153 Å². The zero-order valence-electron chi connectivity index (χ0n) is 14.6. The summed E-state index contributed by atoms with van der Waals surface area (Å²) in [5, 5.41) is 2.96. The van der Waals surface area contributed by atoms with Gasteiger partial charge >= 0.3 is 6.03 Å². The van der Waals surface area contributed by atoms with Crippen molar-refractivity contribution in [2.24, 2.45) is 0 Å². The number of anilines is 1. The van der Waals surface area contributed by atoms with E-state index in [0.717, 1.165) is 50.8 Å². The molecular weight excluding hydrogens is 330 g/mol. The lowest BCUT2D eigenvalue weighted by atomic mass is 10.1. The van der Waals surface area contributed by atoms with Gasteiger partial charge in [0.25, 0.3) is 0 Å². The number of likely N-dealkylation sites (tertiary alicyclic amines) is 1. The maximum Gasteiger partial charge on any atom is 0.321 e. The van der Waals surface area contributed by atoms with Crippen LogP contribution >= 0.6 is 0 Å². The van der Waals surface area contributed by atoms with Gasteiger partial charge in [0.05, 0.1) is 13.2 Å². The van der Waals surface area contributed by atoms with Gasteiger partial charge in [0.2, 0.25) is 0 Å². The summed E-state index contributed by atoms with van der Waals surface area (Å²) in [5.41, 5.74) is 0.734. The predicted octanol–water partition coefficient (Wildman–Crippen LogP) is 3.03. The van der Waals surface area contributed by atoms with Gasteiger partial charge in [-0.3, -0.25) is 4.90 Å². The van der Waals surface area contributed by atoms with Crippen LogP contribution in [0.5, 0.6) is 11.5 Å². The second-order valence-corrected chi connectivity index (χ2v) is 6.58. The number of ether oxygens (including phenoxy) is 2. The Morgan fingerprint density at radius 1 is 1.00 bits per heavy atom. The molecule has 26 heavy (non-hydrogen) atoms. The summed E-state index contributed by atoms with van der Waals surface area (Å²) in [6, 6.07) is 17.4. The molecule has 2 aliphatic rings. The molecular formula is C20H23N3O3. The van der Waals surface area contributed by atoms with E-state index in [9.17, 15) is 4.79 Å². The Balaban J connectivity index is 1.30. The molecule has 2 aromatic rings. The van der Waals surface area contributed by atoms with Crippen LogP contribution in [0.3, 0.4) is 0 Å². The number of urea groups is 1. The fraction of sp³-hybridized carbons (Fsp3) is 0.350. The van der Waals surface area contributed by atoms with Crippen LogP contribution in [0.15, 0.2) is 54.6 Å². The molecule has 2 saturated heterocycles. The number of carbonyl (C=O) groups is 1. The number of benzene rings is 2. The van der Waals surface area contributed by atoms with Gasteiger partial charge in [-0.2, -0.15) is 0 Å². The highest BCUT2D eigenvalue weighted by atomic mass is 16.5. The highest BCUT2D eigenvalue weighted by Gasteiger charge is 2.35. The smallest absolute Gasteiger partial charge is 0.321 e. The van der Waals surface area contributed by atoms with Crippen molar-refractivity contribution < 1.29 is 14.3 Å². The van der Waals surface area contributed by atoms with Gasteiger partial charge in [0.15, 0.2) is 0 Å². The number of hydrogen-bond donors (Lipinski definition) is 1. The van der Waals surface area contributed by atoms with Gasteiger partial charge in [-0.25, -0.2) is 4.79 Å². The molecule has 2 amide bonds.